The number of hydrogen-bond acceptors (Lipinski definition) is 2. The minimum atomic E-state index is 0.328. The lowest BCUT2D eigenvalue weighted by Gasteiger charge is -2.03. The van der Waals surface area contributed by atoms with Crippen LogP contribution in [0.1, 0.15) is 30.5 Å². The molecule has 0 atom stereocenters. The zero-order valence-corrected chi connectivity index (χ0v) is 9.70. The van der Waals surface area contributed by atoms with Gasteiger partial charge in [0.2, 0.25) is 0 Å². The first kappa shape index (κ1) is 13.2. The Kier molecular flexibility index (Phi) is 5.89. The second-order valence-electron chi connectivity index (χ2n) is 2.97. The maximum absolute atomic E-state index is 9.47. The molecular formula is C13H17NO. The second kappa shape index (κ2) is 6.67. The van der Waals surface area contributed by atoms with Gasteiger partial charge in [0.1, 0.15) is 5.75 Å². The Bertz CT molecular complexity index is 363. The first-order valence-electron chi connectivity index (χ1n) is 5.01. The van der Waals surface area contributed by atoms with Gasteiger partial charge in [0.25, 0.3) is 0 Å². The van der Waals surface area contributed by atoms with Crippen molar-refractivity contribution in [2.75, 3.05) is 0 Å². The molecule has 15 heavy (non-hydrogen) atoms. The van der Waals surface area contributed by atoms with Gasteiger partial charge in [-0.3, -0.25) is 0 Å². The summed E-state index contributed by atoms with van der Waals surface area (Å²) in [7, 11) is 0. The number of aromatic hydroxyl groups is 1. The molecule has 0 saturated carbocycles. The summed E-state index contributed by atoms with van der Waals surface area (Å²) in [6.45, 7) is 7.68. The van der Waals surface area contributed by atoms with E-state index in [1.807, 2.05) is 45.9 Å². The van der Waals surface area contributed by atoms with Gasteiger partial charge in [0.15, 0.2) is 0 Å². The Morgan fingerprint density at radius 2 is 1.67 bits per heavy atom. The van der Waals surface area contributed by atoms with Crippen LogP contribution in [0.2, 0.25) is 0 Å². The molecule has 0 aliphatic heterocycles. The molecule has 1 aromatic rings. The van der Waals surface area contributed by atoms with Crippen LogP contribution in [-0.4, -0.2) is 5.11 Å². The van der Waals surface area contributed by atoms with Crippen molar-refractivity contribution >= 4 is 6.08 Å². The van der Waals surface area contributed by atoms with Gasteiger partial charge in [-0.05, 0) is 48.7 Å². The van der Waals surface area contributed by atoms with Crippen LogP contribution in [0.15, 0.2) is 18.2 Å². The molecular weight excluding hydrogens is 186 g/mol. The van der Waals surface area contributed by atoms with Crippen molar-refractivity contribution in [1.29, 1.82) is 5.26 Å². The topological polar surface area (TPSA) is 44.0 Å². The Balaban J connectivity index is 0.000000921. The lowest BCUT2D eigenvalue weighted by Crippen LogP contribution is -1.82. The molecule has 0 aliphatic carbocycles. The van der Waals surface area contributed by atoms with Crippen LogP contribution < -0.4 is 0 Å². The first-order valence-corrected chi connectivity index (χ1v) is 5.01. The van der Waals surface area contributed by atoms with Crippen molar-refractivity contribution in [3.63, 3.8) is 0 Å². The summed E-state index contributed by atoms with van der Waals surface area (Å²) in [5, 5.41) is 17.8. The van der Waals surface area contributed by atoms with E-state index in [0.717, 1.165) is 16.7 Å². The van der Waals surface area contributed by atoms with Gasteiger partial charge in [0.05, 0.1) is 6.07 Å². The summed E-state index contributed by atoms with van der Waals surface area (Å²) >= 11 is 0. The fraction of sp³-hybridized carbons (Fsp3) is 0.308. The van der Waals surface area contributed by atoms with Crippen molar-refractivity contribution in [3.8, 4) is 11.8 Å². The van der Waals surface area contributed by atoms with Gasteiger partial charge in [-0.15, -0.1) is 0 Å². The number of hydrogen-bond donors (Lipinski definition) is 1. The van der Waals surface area contributed by atoms with E-state index < -0.39 is 0 Å². The third kappa shape index (κ3) is 3.86. The highest BCUT2D eigenvalue weighted by Gasteiger charge is 2.00. The van der Waals surface area contributed by atoms with E-state index in [1.54, 1.807) is 6.08 Å². The van der Waals surface area contributed by atoms with Crippen LogP contribution >= 0.6 is 0 Å². The van der Waals surface area contributed by atoms with E-state index in [1.165, 1.54) is 6.08 Å². The molecule has 0 radical (unpaired) electrons. The predicted octanol–water partition coefficient (Wildman–Crippen LogP) is 3.57. The Labute approximate surface area is 91.5 Å². The van der Waals surface area contributed by atoms with E-state index in [4.69, 9.17) is 5.26 Å². The monoisotopic (exact) mass is 203 g/mol. The minimum Gasteiger partial charge on any atom is -0.507 e. The number of aryl methyl sites for hydroxylation is 2. The van der Waals surface area contributed by atoms with Crippen LogP contribution in [-0.2, 0) is 0 Å². The molecule has 0 aliphatic rings. The van der Waals surface area contributed by atoms with E-state index in [0.29, 0.717) is 5.75 Å². The number of rotatable bonds is 1. The lowest BCUT2D eigenvalue weighted by atomic mass is 10.1. The van der Waals surface area contributed by atoms with Gasteiger partial charge in [0, 0.05) is 6.08 Å². The normalized spacial score (nSPS) is 9.27. The van der Waals surface area contributed by atoms with Crippen LogP contribution in [0.4, 0.5) is 0 Å². The van der Waals surface area contributed by atoms with Crippen molar-refractivity contribution in [1.82, 2.24) is 0 Å². The van der Waals surface area contributed by atoms with Crippen molar-refractivity contribution in [2.45, 2.75) is 27.7 Å². The molecule has 0 saturated heterocycles. The fourth-order valence-corrected chi connectivity index (χ4v) is 1.22. The van der Waals surface area contributed by atoms with Gasteiger partial charge >= 0.3 is 0 Å². The molecule has 2 heteroatoms. The maximum Gasteiger partial charge on any atom is 0.121 e. The summed E-state index contributed by atoms with van der Waals surface area (Å²) in [6.07, 6.45) is 3.14. The number of phenolic OH excluding ortho intramolecular Hbond substituents is 1. The second-order valence-corrected chi connectivity index (χ2v) is 2.97. The molecule has 0 fully saturated rings. The molecule has 0 heterocycles. The Hall–Kier alpha value is -1.75. The highest BCUT2D eigenvalue weighted by molar-refractivity contribution is 5.57. The summed E-state index contributed by atoms with van der Waals surface area (Å²) in [4.78, 5) is 0. The average Bonchev–Trinajstić information content (AvgIpc) is 2.25. The third-order valence-corrected chi connectivity index (χ3v) is 1.86. The largest absolute Gasteiger partial charge is 0.507 e. The molecule has 1 N–H and O–H groups in total. The van der Waals surface area contributed by atoms with E-state index >= 15 is 0 Å². The molecule has 0 unspecified atom stereocenters. The van der Waals surface area contributed by atoms with Crippen LogP contribution in [0.3, 0.4) is 0 Å². The number of nitrogens with zero attached hydrogens (tertiary/aromatic N) is 1. The maximum atomic E-state index is 9.47. The number of allylic oxidation sites excluding steroid dienone is 1. The van der Waals surface area contributed by atoms with E-state index in [2.05, 4.69) is 0 Å². The average molecular weight is 203 g/mol. The number of phenols is 1. The predicted molar refractivity (Wildman–Crippen MR) is 63.6 cm³/mol. The van der Waals surface area contributed by atoms with Crippen LogP contribution in [0.5, 0.6) is 5.75 Å². The van der Waals surface area contributed by atoms with E-state index in [-0.39, 0.29) is 0 Å². The molecule has 80 valence electrons. The Morgan fingerprint density at radius 1 is 1.20 bits per heavy atom. The fourth-order valence-electron chi connectivity index (χ4n) is 1.22. The van der Waals surface area contributed by atoms with Crippen molar-refractivity contribution in [3.05, 3.63) is 34.9 Å². The lowest BCUT2D eigenvalue weighted by molar-refractivity contribution is 0.467. The smallest absolute Gasteiger partial charge is 0.121 e. The standard InChI is InChI=1S/C11H11NO.C2H6/c1-8-6-10(4-3-5-12)7-9(2)11(8)13;1-2/h3-4,6-7,13H,1-2H3;1-2H3/b4-3+;. The summed E-state index contributed by atoms with van der Waals surface area (Å²) in [5.74, 6) is 0.328. The number of benzene rings is 1. The zero-order valence-electron chi connectivity index (χ0n) is 9.70. The summed E-state index contributed by atoms with van der Waals surface area (Å²) < 4.78 is 0. The zero-order chi connectivity index (χ0) is 11.8. The van der Waals surface area contributed by atoms with Gasteiger partial charge in [-0.2, -0.15) is 5.26 Å². The quantitative estimate of drug-likeness (QED) is 0.709. The minimum absolute atomic E-state index is 0.328. The molecule has 1 aromatic carbocycles. The van der Waals surface area contributed by atoms with Crippen molar-refractivity contribution < 1.29 is 5.11 Å². The highest BCUT2D eigenvalue weighted by Crippen LogP contribution is 2.23. The molecule has 2 nitrogen and oxygen atoms in total. The third-order valence-electron chi connectivity index (χ3n) is 1.86. The van der Waals surface area contributed by atoms with Crippen molar-refractivity contribution in [2.24, 2.45) is 0 Å². The van der Waals surface area contributed by atoms with Crippen LogP contribution in [0.25, 0.3) is 6.08 Å². The number of nitriles is 1. The van der Waals surface area contributed by atoms with Gasteiger partial charge < -0.3 is 5.11 Å². The summed E-state index contributed by atoms with van der Waals surface area (Å²) in [6, 6.07) is 5.61. The molecule has 0 amide bonds. The first-order chi connectivity index (χ1) is 7.15. The molecule has 1 rings (SSSR count). The van der Waals surface area contributed by atoms with Gasteiger partial charge in [-0.1, -0.05) is 13.8 Å². The van der Waals surface area contributed by atoms with Gasteiger partial charge in [-0.25, -0.2) is 0 Å². The summed E-state index contributed by atoms with van der Waals surface area (Å²) in [5.41, 5.74) is 2.60. The van der Waals surface area contributed by atoms with Crippen LogP contribution in [0, 0.1) is 25.2 Å². The molecule has 0 spiro atoms. The Morgan fingerprint density at radius 3 is 2.07 bits per heavy atom. The van der Waals surface area contributed by atoms with E-state index in [9.17, 15) is 5.11 Å². The molecule has 0 aromatic heterocycles. The molecule has 0 bridgehead atoms. The highest BCUT2D eigenvalue weighted by atomic mass is 16.3. The SMILES string of the molecule is CC.Cc1cc(/C=C/C#N)cc(C)c1O.